The van der Waals surface area contributed by atoms with Crippen LogP contribution in [0.1, 0.15) is 16.8 Å². The number of anilines is 1. The predicted molar refractivity (Wildman–Crippen MR) is 103 cm³/mol. The van der Waals surface area contributed by atoms with E-state index in [-0.39, 0.29) is 5.91 Å². The largest absolute Gasteiger partial charge is 0.307 e. The van der Waals surface area contributed by atoms with Gasteiger partial charge in [0.15, 0.2) is 0 Å². The van der Waals surface area contributed by atoms with E-state index in [0.29, 0.717) is 0 Å². The van der Waals surface area contributed by atoms with Crippen LogP contribution in [0.25, 0.3) is 11.8 Å². The summed E-state index contributed by atoms with van der Waals surface area (Å²) in [6.45, 7) is 0. The van der Waals surface area contributed by atoms with Crippen LogP contribution in [0.2, 0.25) is 0 Å². The Labute approximate surface area is 150 Å². The van der Waals surface area contributed by atoms with E-state index in [0.717, 1.165) is 39.8 Å². The first kappa shape index (κ1) is 15.7. The molecule has 0 radical (unpaired) electrons. The lowest BCUT2D eigenvalue weighted by Crippen LogP contribution is -2.13. The molecule has 25 heavy (non-hydrogen) atoms. The predicted octanol–water partition coefficient (Wildman–Crippen LogP) is 4.27. The average molecular weight is 347 g/mol. The number of carbonyl (C=O) groups excluding carboxylic acids is 1. The zero-order chi connectivity index (χ0) is 17.1. The second-order valence-corrected chi connectivity index (χ2v) is 6.73. The zero-order valence-electron chi connectivity index (χ0n) is 13.6. The van der Waals surface area contributed by atoms with E-state index < -0.39 is 0 Å². The molecule has 1 aliphatic rings. The van der Waals surface area contributed by atoms with E-state index in [1.54, 1.807) is 6.08 Å². The third-order valence-corrected chi connectivity index (χ3v) is 4.99. The van der Waals surface area contributed by atoms with Gasteiger partial charge in [0.05, 0.1) is 11.4 Å². The van der Waals surface area contributed by atoms with Crippen LogP contribution in [-0.2, 0) is 16.3 Å². The quantitative estimate of drug-likeness (QED) is 0.717. The smallest absolute Gasteiger partial charge is 0.249 e. The fraction of sp³-hybridized carbons (Fsp3) is 0.100. The normalized spacial score (nSPS) is 13.1. The molecule has 0 bridgehead atoms. The number of hydrogen-bond acceptors (Lipinski definition) is 3. The summed E-state index contributed by atoms with van der Waals surface area (Å²) < 4.78 is 1.83. The average Bonchev–Trinajstić information content (AvgIpc) is 3.24. The Kier molecular flexibility index (Phi) is 4.39. The Bertz CT molecular complexity index is 917. The van der Waals surface area contributed by atoms with Crippen LogP contribution in [0.15, 0.2) is 66.7 Å². The molecular formula is C20H17N3OS. The van der Waals surface area contributed by atoms with E-state index in [9.17, 15) is 4.79 Å². The maximum absolute atomic E-state index is 12.4. The molecular weight excluding hydrogens is 330 g/mol. The summed E-state index contributed by atoms with van der Waals surface area (Å²) >= 11 is 1.82. The van der Waals surface area contributed by atoms with Crippen LogP contribution >= 0.6 is 11.8 Å². The molecule has 0 spiro atoms. The fourth-order valence-electron chi connectivity index (χ4n) is 2.79. The molecule has 1 aliphatic heterocycles. The summed E-state index contributed by atoms with van der Waals surface area (Å²) in [5.74, 6) is 2.38. The lowest BCUT2D eigenvalue weighted by atomic mass is 10.2. The molecule has 0 atom stereocenters. The van der Waals surface area contributed by atoms with Gasteiger partial charge in [-0.25, -0.2) is 4.68 Å². The number of benzene rings is 2. The van der Waals surface area contributed by atoms with Crippen LogP contribution in [0.5, 0.6) is 0 Å². The summed E-state index contributed by atoms with van der Waals surface area (Å²) in [6.07, 6.45) is 3.37. The highest BCUT2D eigenvalue weighted by molar-refractivity contribution is 7.98. The van der Waals surface area contributed by atoms with Gasteiger partial charge in [-0.05, 0) is 23.8 Å². The van der Waals surface area contributed by atoms with Gasteiger partial charge in [0.25, 0.3) is 0 Å². The summed E-state index contributed by atoms with van der Waals surface area (Å²) in [7, 11) is 0. The minimum atomic E-state index is -0.152. The topological polar surface area (TPSA) is 46.9 Å². The third kappa shape index (κ3) is 3.37. The third-order valence-electron chi connectivity index (χ3n) is 4.02. The van der Waals surface area contributed by atoms with Crippen molar-refractivity contribution in [1.82, 2.24) is 9.78 Å². The monoisotopic (exact) mass is 347 g/mol. The number of amides is 1. The number of hydrogen-bond donors (Lipinski definition) is 1. The summed E-state index contributed by atoms with van der Waals surface area (Å²) in [4.78, 5) is 12.4. The van der Waals surface area contributed by atoms with Crippen LogP contribution in [-0.4, -0.2) is 15.7 Å². The summed E-state index contributed by atoms with van der Waals surface area (Å²) in [5.41, 5.74) is 4.12. The van der Waals surface area contributed by atoms with E-state index >= 15 is 0 Å². The molecule has 0 unspecified atom stereocenters. The first-order valence-electron chi connectivity index (χ1n) is 8.09. The summed E-state index contributed by atoms with van der Waals surface area (Å²) in [6, 6.07) is 19.7. The molecule has 0 saturated heterocycles. The van der Waals surface area contributed by atoms with E-state index in [2.05, 4.69) is 10.4 Å². The zero-order valence-corrected chi connectivity index (χ0v) is 14.4. The number of aromatic nitrogens is 2. The molecule has 5 heteroatoms. The highest BCUT2D eigenvalue weighted by atomic mass is 32.2. The first-order valence-corrected chi connectivity index (χ1v) is 9.25. The minimum Gasteiger partial charge on any atom is -0.307 e. The van der Waals surface area contributed by atoms with Gasteiger partial charge in [-0.1, -0.05) is 48.5 Å². The van der Waals surface area contributed by atoms with Gasteiger partial charge in [-0.3, -0.25) is 4.79 Å². The van der Waals surface area contributed by atoms with E-state index in [4.69, 9.17) is 0 Å². The van der Waals surface area contributed by atoms with Gasteiger partial charge in [0.1, 0.15) is 5.82 Å². The van der Waals surface area contributed by atoms with E-state index in [1.165, 1.54) is 0 Å². The minimum absolute atomic E-state index is 0.152. The Morgan fingerprint density at radius 3 is 2.52 bits per heavy atom. The van der Waals surface area contributed by atoms with Gasteiger partial charge in [-0.15, -0.1) is 0 Å². The van der Waals surface area contributed by atoms with Crippen molar-refractivity contribution in [3.8, 4) is 5.69 Å². The van der Waals surface area contributed by atoms with Crippen LogP contribution in [0.4, 0.5) is 5.82 Å². The molecule has 3 aromatic rings. The number of para-hydroxylation sites is 1. The second kappa shape index (κ2) is 6.99. The Hall–Kier alpha value is -2.79. The molecule has 0 aliphatic carbocycles. The van der Waals surface area contributed by atoms with Crippen molar-refractivity contribution in [3.63, 3.8) is 0 Å². The van der Waals surface area contributed by atoms with Crippen molar-refractivity contribution < 1.29 is 4.79 Å². The van der Waals surface area contributed by atoms with Crippen molar-refractivity contribution in [3.05, 3.63) is 83.6 Å². The van der Waals surface area contributed by atoms with Crippen molar-refractivity contribution in [2.75, 3.05) is 5.32 Å². The fourth-order valence-corrected chi connectivity index (χ4v) is 3.83. The molecule has 4 nitrogen and oxygen atoms in total. The van der Waals surface area contributed by atoms with Gasteiger partial charge >= 0.3 is 0 Å². The second-order valence-electron chi connectivity index (χ2n) is 5.75. The van der Waals surface area contributed by atoms with E-state index in [1.807, 2.05) is 83.2 Å². The molecule has 1 aromatic heterocycles. The Morgan fingerprint density at radius 2 is 1.76 bits per heavy atom. The van der Waals surface area contributed by atoms with Crippen LogP contribution < -0.4 is 5.32 Å². The van der Waals surface area contributed by atoms with Crippen molar-refractivity contribution in [1.29, 1.82) is 0 Å². The molecule has 1 N–H and O–H groups in total. The van der Waals surface area contributed by atoms with Crippen LogP contribution in [0, 0.1) is 0 Å². The molecule has 124 valence electrons. The maximum atomic E-state index is 12.4. The highest BCUT2D eigenvalue weighted by Crippen LogP contribution is 2.36. The lowest BCUT2D eigenvalue weighted by molar-refractivity contribution is -0.111. The maximum Gasteiger partial charge on any atom is 0.249 e. The standard InChI is InChI=1S/C20H17N3OS/c24-19(12-11-15-7-3-1-4-8-15)21-20-17-13-25-14-18(17)22-23(20)16-9-5-2-6-10-16/h1-12H,13-14H2,(H,21,24)/b12-11+. The van der Waals surface area contributed by atoms with Gasteiger partial charge in [0.2, 0.25) is 5.91 Å². The Morgan fingerprint density at radius 1 is 1.04 bits per heavy atom. The number of nitrogens with one attached hydrogen (secondary N) is 1. The first-order chi connectivity index (χ1) is 12.3. The molecule has 0 fully saturated rings. The van der Waals surface area contributed by atoms with Crippen LogP contribution in [0.3, 0.4) is 0 Å². The van der Waals surface area contributed by atoms with Crippen molar-refractivity contribution >= 4 is 29.6 Å². The van der Waals surface area contributed by atoms with Crippen molar-refractivity contribution in [2.45, 2.75) is 11.5 Å². The number of thioether (sulfide) groups is 1. The Balaban J connectivity index is 1.62. The molecule has 2 heterocycles. The lowest BCUT2D eigenvalue weighted by Gasteiger charge is -2.09. The van der Waals surface area contributed by atoms with Gasteiger partial charge in [0, 0.05) is 23.1 Å². The van der Waals surface area contributed by atoms with Gasteiger partial charge in [-0.2, -0.15) is 16.9 Å². The highest BCUT2D eigenvalue weighted by Gasteiger charge is 2.24. The SMILES string of the molecule is O=C(/C=C/c1ccccc1)Nc1c2c(nn1-c1ccccc1)CSC2. The van der Waals surface area contributed by atoms with Gasteiger partial charge < -0.3 is 5.32 Å². The summed E-state index contributed by atoms with van der Waals surface area (Å²) in [5, 5.41) is 7.71. The molecule has 2 aromatic carbocycles. The number of carbonyl (C=O) groups is 1. The molecule has 4 rings (SSSR count). The number of nitrogens with zero attached hydrogens (tertiary/aromatic N) is 2. The number of rotatable bonds is 4. The van der Waals surface area contributed by atoms with Crippen molar-refractivity contribution in [2.24, 2.45) is 0 Å². The number of fused-ring (bicyclic) bond motifs is 1. The molecule has 1 amide bonds. The molecule has 0 saturated carbocycles.